The number of amides is 3. The summed E-state index contributed by atoms with van der Waals surface area (Å²) in [6.07, 6.45) is 0.187. The standard InChI is InChI=1S/C10H19N3O4/c1-6(9(15)16)7(2)13-10(17)12-5-4-8(14)11-3/h6-7H,4-5H2,1-3H3,(H,11,14)(H,15,16)(H2,12,13,17). The number of aliphatic carboxylic acids is 1. The second kappa shape index (κ2) is 7.48. The van der Waals surface area contributed by atoms with E-state index in [1.54, 1.807) is 6.92 Å². The minimum absolute atomic E-state index is 0.169. The molecule has 4 N–H and O–H groups in total. The van der Waals surface area contributed by atoms with E-state index in [1.807, 2.05) is 0 Å². The summed E-state index contributed by atoms with van der Waals surface area (Å²) >= 11 is 0. The number of carbonyl (C=O) groups excluding carboxylic acids is 2. The maximum absolute atomic E-state index is 11.3. The summed E-state index contributed by atoms with van der Waals surface area (Å²) in [5.74, 6) is -1.81. The Labute approximate surface area is 100.0 Å². The van der Waals surface area contributed by atoms with Gasteiger partial charge in [0.2, 0.25) is 5.91 Å². The molecule has 0 aliphatic heterocycles. The van der Waals surface area contributed by atoms with Crippen LogP contribution in [0.25, 0.3) is 0 Å². The molecule has 0 radical (unpaired) electrons. The topological polar surface area (TPSA) is 108 Å². The molecule has 2 atom stereocenters. The summed E-state index contributed by atoms with van der Waals surface area (Å²) in [4.78, 5) is 32.8. The van der Waals surface area contributed by atoms with E-state index in [4.69, 9.17) is 5.11 Å². The number of nitrogens with one attached hydrogen (secondary N) is 3. The van der Waals surface area contributed by atoms with E-state index in [0.29, 0.717) is 0 Å². The minimum atomic E-state index is -0.969. The van der Waals surface area contributed by atoms with Crippen molar-refractivity contribution in [3.8, 4) is 0 Å². The van der Waals surface area contributed by atoms with Crippen LogP contribution in [0, 0.1) is 5.92 Å². The highest BCUT2D eigenvalue weighted by molar-refractivity contribution is 5.78. The second-order valence-electron chi connectivity index (χ2n) is 3.74. The first-order valence-electron chi connectivity index (χ1n) is 5.36. The Kier molecular flexibility index (Phi) is 6.69. The van der Waals surface area contributed by atoms with Crippen molar-refractivity contribution in [3.63, 3.8) is 0 Å². The van der Waals surface area contributed by atoms with Crippen molar-refractivity contribution in [1.82, 2.24) is 16.0 Å². The number of carboxylic acid groups (broad SMARTS) is 1. The zero-order valence-corrected chi connectivity index (χ0v) is 10.2. The number of rotatable bonds is 6. The van der Waals surface area contributed by atoms with Crippen molar-refractivity contribution < 1.29 is 19.5 Å². The fraction of sp³-hybridized carbons (Fsp3) is 0.700. The van der Waals surface area contributed by atoms with Crippen LogP contribution in [0.3, 0.4) is 0 Å². The Balaban J connectivity index is 3.86. The summed E-state index contributed by atoms with van der Waals surface area (Å²) in [5.41, 5.74) is 0. The molecule has 7 nitrogen and oxygen atoms in total. The molecule has 0 fully saturated rings. The fourth-order valence-electron chi connectivity index (χ4n) is 1.01. The molecule has 0 saturated heterocycles. The van der Waals surface area contributed by atoms with Gasteiger partial charge in [-0.2, -0.15) is 0 Å². The van der Waals surface area contributed by atoms with E-state index >= 15 is 0 Å². The summed E-state index contributed by atoms with van der Waals surface area (Å²) in [7, 11) is 1.51. The molecular weight excluding hydrogens is 226 g/mol. The molecule has 0 aliphatic rings. The Morgan fingerprint density at radius 3 is 2.29 bits per heavy atom. The number of hydrogen-bond donors (Lipinski definition) is 4. The predicted octanol–water partition coefficient (Wildman–Crippen LogP) is -0.469. The molecule has 0 aromatic rings. The average Bonchev–Trinajstić information content (AvgIpc) is 2.27. The van der Waals surface area contributed by atoms with Crippen LogP contribution in [0.5, 0.6) is 0 Å². The molecule has 0 spiro atoms. The molecule has 0 aromatic heterocycles. The molecule has 0 saturated carbocycles. The predicted molar refractivity (Wildman–Crippen MR) is 61.5 cm³/mol. The van der Waals surface area contributed by atoms with Crippen LogP contribution in [0.2, 0.25) is 0 Å². The number of carbonyl (C=O) groups is 3. The van der Waals surface area contributed by atoms with Crippen molar-refractivity contribution in [1.29, 1.82) is 0 Å². The van der Waals surface area contributed by atoms with E-state index in [2.05, 4.69) is 16.0 Å². The number of urea groups is 1. The van der Waals surface area contributed by atoms with Gasteiger partial charge in [-0.15, -0.1) is 0 Å². The Bertz CT molecular complexity index is 293. The number of hydrogen-bond acceptors (Lipinski definition) is 3. The van der Waals surface area contributed by atoms with Gasteiger partial charge in [0.25, 0.3) is 0 Å². The van der Waals surface area contributed by atoms with E-state index < -0.39 is 24.0 Å². The van der Waals surface area contributed by atoms with Crippen LogP contribution in [-0.2, 0) is 9.59 Å². The molecule has 0 aromatic carbocycles. The highest BCUT2D eigenvalue weighted by Crippen LogP contribution is 2.01. The molecule has 0 aliphatic carbocycles. The molecule has 0 heterocycles. The lowest BCUT2D eigenvalue weighted by Gasteiger charge is -2.17. The highest BCUT2D eigenvalue weighted by atomic mass is 16.4. The van der Waals surface area contributed by atoms with Crippen molar-refractivity contribution in [2.75, 3.05) is 13.6 Å². The monoisotopic (exact) mass is 245 g/mol. The van der Waals surface area contributed by atoms with Crippen molar-refractivity contribution >= 4 is 17.9 Å². The van der Waals surface area contributed by atoms with Crippen LogP contribution in [0.1, 0.15) is 20.3 Å². The first-order valence-corrected chi connectivity index (χ1v) is 5.36. The lowest BCUT2D eigenvalue weighted by molar-refractivity contribution is -0.141. The van der Waals surface area contributed by atoms with E-state index in [1.165, 1.54) is 14.0 Å². The van der Waals surface area contributed by atoms with Gasteiger partial charge in [0.15, 0.2) is 0 Å². The number of carboxylic acids is 1. The van der Waals surface area contributed by atoms with Gasteiger partial charge in [0.05, 0.1) is 5.92 Å². The van der Waals surface area contributed by atoms with Gasteiger partial charge < -0.3 is 21.1 Å². The Morgan fingerprint density at radius 1 is 1.24 bits per heavy atom. The van der Waals surface area contributed by atoms with Gasteiger partial charge in [0, 0.05) is 26.1 Å². The van der Waals surface area contributed by atoms with Crippen LogP contribution < -0.4 is 16.0 Å². The highest BCUT2D eigenvalue weighted by Gasteiger charge is 2.20. The van der Waals surface area contributed by atoms with Gasteiger partial charge >= 0.3 is 12.0 Å². The summed E-state index contributed by atoms with van der Waals surface area (Å²) in [5, 5.41) is 16.1. The van der Waals surface area contributed by atoms with Gasteiger partial charge in [-0.1, -0.05) is 0 Å². The van der Waals surface area contributed by atoms with Crippen LogP contribution in [-0.4, -0.2) is 42.6 Å². The SMILES string of the molecule is CNC(=O)CCNC(=O)NC(C)C(C)C(=O)O. The lowest BCUT2D eigenvalue weighted by Crippen LogP contribution is -2.45. The van der Waals surface area contributed by atoms with Crippen molar-refractivity contribution in [2.45, 2.75) is 26.3 Å². The quantitative estimate of drug-likeness (QED) is 0.507. The molecule has 17 heavy (non-hydrogen) atoms. The third kappa shape index (κ3) is 6.39. The normalized spacial score (nSPS) is 13.4. The van der Waals surface area contributed by atoms with Gasteiger partial charge in [0.1, 0.15) is 0 Å². The summed E-state index contributed by atoms with van der Waals surface area (Å²) in [6.45, 7) is 3.33. The summed E-state index contributed by atoms with van der Waals surface area (Å²) in [6, 6.07) is -0.956. The third-order valence-corrected chi connectivity index (χ3v) is 2.41. The molecule has 98 valence electrons. The van der Waals surface area contributed by atoms with Crippen LogP contribution in [0.15, 0.2) is 0 Å². The lowest BCUT2D eigenvalue weighted by atomic mass is 10.0. The Morgan fingerprint density at radius 2 is 1.82 bits per heavy atom. The molecule has 0 bridgehead atoms. The Hall–Kier alpha value is -1.79. The maximum Gasteiger partial charge on any atom is 0.315 e. The first kappa shape index (κ1) is 15.2. The van der Waals surface area contributed by atoms with Crippen molar-refractivity contribution in [2.24, 2.45) is 5.92 Å². The smallest absolute Gasteiger partial charge is 0.315 e. The van der Waals surface area contributed by atoms with Crippen molar-refractivity contribution in [3.05, 3.63) is 0 Å². The zero-order valence-electron chi connectivity index (χ0n) is 10.2. The molecule has 3 amide bonds. The van der Waals surface area contributed by atoms with Gasteiger partial charge in [-0.05, 0) is 13.8 Å². The molecule has 0 rings (SSSR count). The maximum atomic E-state index is 11.3. The van der Waals surface area contributed by atoms with Crippen LogP contribution in [0.4, 0.5) is 4.79 Å². The van der Waals surface area contributed by atoms with E-state index in [0.717, 1.165) is 0 Å². The van der Waals surface area contributed by atoms with E-state index in [-0.39, 0.29) is 18.9 Å². The minimum Gasteiger partial charge on any atom is -0.481 e. The molecule has 2 unspecified atom stereocenters. The van der Waals surface area contributed by atoms with Gasteiger partial charge in [-0.3, -0.25) is 9.59 Å². The fourth-order valence-corrected chi connectivity index (χ4v) is 1.01. The average molecular weight is 245 g/mol. The summed E-state index contributed by atoms with van der Waals surface area (Å²) < 4.78 is 0. The van der Waals surface area contributed by atoms with E-state index in [9.17, 15) is 14.4 Å². The third-order valence-electron chi connectivity index (χ3n) is 2.41. The molecular formula is C10H19N3O4. The largest absolute Gasteiger partial charge is 0.481 e. The zero-order chi connectivity index (χ0) is 13.4. The van der Waals surface area contributed by atoms with Crippen LogP contribution >= 0.6 is 0 Å². The second-order valence-corrected chi connectivity index (χ2v) is 3.74. The van der Waals surface area contributed by atoms with Gasteiger partial charge in [-0.25, -0.2) is 4.79 Å². The molecule has 7 heteroatoms. The first-order chi connectivity index (χ1) is 7.88.